The first kappa shape index (κ1) is 14.7. The van der Waals surface area contributed by atoms with E-state index in [1.807, 2.05) is 26.1 Å². The molecule has 0 aromatic carbocycles. The molecule has 0 atom stereocenters. The maximum absolute atomic E-state index is 12.4. The van der Waals surface area contributed by atoms with Crippen LogP contribution < -0.4 is 5.56 Å². The summed E-state index contributed by atoms with van der Waals surface area (Å²) >= 11 is 1.68. The Balaban J connectivity index is 1.58. The van der Waals surface area contributed by atoms with Crippen molar-refractivity contribution in [2.75, 3.05) is 7.05 Å². The van der Waals surface area contributed by atoms with Gasteiger partial charge in [0.15, 0.2) is 0 Å². The summed E-state index contributed by atoms with van der Waals surface area (Å²) in [7, 11) is 2.00. The van der Waals surface area contributed by atoms with Gasteiger partial charge in [0.1, 0.15) is 22.2 Å². The number of aromatic nitrogens is 2. The molecule has 120 valence electrons. The van der Waals surface area contributed by atoms with Gasteiger partial charge in [0.25, 0.3) is 5.56 Å². The highest BCUT2D eigenvalue weighted by Gasteiger charge is 2.21. The molecule has 3 aromatic heterocycles. The lowest BCUT2D eigenvalue weighted by atomic mass is 10.2. The molecule has 0 spiro atoms. The Bertz CT molecular complexity index is 922. The molecule has 0 amide bonds. The fourth-order valence-corrected chi connectivity index (χ4v) is 4.55. The number of thiophene rings is 1. The van der Waals surface area contributed by atoms with Gasteiger partial charge in [-0.15, -0.1) is 11.3 Å². The van der Waals surface area contributed by atoms with E-state index in [1.54, 1.807) is 11.3 Å². The molecular weight excluding hydrogens is 310 g/mol. The van der Waals surface area contributed by atoms with Crippen molar-refractivity contribution >= 4 is 21.6 Å². The number of aromatic amines is 1. The normalized spacial score (nSPS) is 14.0. The molecule has 0 unspecified atom stereocenters. The summed E-state index contributed by atoms with van der Waals surface area (Å²) in [6, 6.07) is 3.94. The van der Waals surface area contributed by atoms with Crippen LogP contribution in [-0.2, 0) is 25.9 Å². The number of hydrogen-bond acceptors (Lipinski definition) is 5. The highest BCUT2D eigenvalue weighted by Crippen LogP contribution is 2.34. The summed E-state index contributed by atoms with van der Waals surface area (Å²) < 4.78 is 5.60. The van der Waals surface area contributed by atoms with Crippen LogP contribution in [0.1, 0.15) is 34.2 Å². The molecule has 1 aliphatic rings. The van der Waals surface area contributed by atoms with Gasteiger partial charge in [-0.2, -0.15) is 0 Å². The van der Waals surface area contributed by atoms with E-state index < -0.39 is 0 Å². The van der Waals surface area contributed by atoms with Crippen LogP contribution in [0.2, 0.25) is 0 Å². The highest BCUT2D eigenvalue weighted by atomic mass is 32.1. The Morgan fingerprint density at radius 2 is 2.22 bits per heavy atom. The van der Waals surface area contributed by atoms with Crippen molar-refractivity contribution < 1.29 is 4.42 Å². The van der Waals surface area contributed by atoms with Gasteiger partial charge in [0.2, 0.25) is 0 Å². The lowest BCUT2D eigenvalue weighted by Gasteiger charge is -2.14. The molecule has 3 heterocycles. The molecule has 23 heavy (non-hydrogen) atoms. The van der Waals surface area contributed by atoms with Crippen molar-refractivity contribution in [3.05, 3.63) is 50.3 Å². The van der Waals surface area contributed by atoms with Crippen LogP contribution in [0, 0.1) is 6.92 Å². The molecule has 0 bridgehead atoms. The van der Waals surface area contributed by atoms with Crippen LogP contribution in [0.5, 0.6) is 0 Å². The number of hydrogen-bond donors (Lipinski definition) is 1. The molecule has 1 aliphatic carbocycles. The molecule has 6 heteroatoms. The van der Waals surface area contributed by atoms with Crippen LogP contribution in [-0.4, -0.2) is 21.9 Å². The predicted octanol–water partition coefficient (Wildman–Crippen LogP) is 3.01. The number of nitrogens with one attached hydrogen (secondary N) is 1. The van der Waals surface area contributed by atoms with Crippen molar-refractivity contribution in [3.8, 4) is 0 Å². The van der Waals surface area contributed by atoms with Crippen molar-refractivity contribution in [2.24, 2.45) is 0 Å². The maximum Gasteiger partial charge on any atom is 0.259 e. The molecule has 3 aromatic rings. The monoisotopic (exact) mass is 329 g/mol. The van der Waals surface area contributed by atoms with E-state index in [9.17, 15) is 4.79 Å². The van der Waals surface area contributed by atoms with Crippen LogP contribution in [0.25, 0.3) is 10.2 Å². The summed E-state index contributed by atoms with van der Waals surface area (Å²) in [5, 5.41) is 0.815. The summed E-state index contributed by atoms with van der Waals surface area (Å²) in [6.45, 7) is 3.22. The molecule has 1 N–H and O–H groups in total. The van der Waals surface area contributed by atoms with Crippen molar-refractivity contribution in [1.29, 1.82) is 0 Å². The number of nitrogens with zero attached hydrogens (tertiary/aromatic N) is 2. The zero-order chi connectivity index (χ0) is 16.0. The van der Waals surface area contributed by atoms with Gasteiger partial charge >= 0.3 is 0 Å². The average molecular weight is 329 g/mol. The minimum atomic E-state index is 0.00615. The summed E-state index contributed by atoms with van der Waals surface area (Å²) in [4.78, 5) is 24.4. The third-order valence-corrected chi connectivity index (χ3v) is 5.45. The van der Waals surface area contributed by atoms with Crippen LogP contribution >= 0.6 is 11.3 Å². The van der Waals surface area contributed by atoms with E-state index in [0.29, 0.717) is 18.9 Å². The van der Waals surface area contributed by atoms with E-state index in [-0.39, 0.29) is 5.56 Å². The average Bonchev–Trinajstić information content (AvgIpc) is 3.14. The molecular formula is C17H19N3O2S. The minimum Gasteiger partial charge on any atom is -0.465 e. The summed E-state index contributed by atoms with van der Waals surface area (Å²) in [5.41, 5.74) is 1.23. The van der Waals surface area contributed by atoms with Gasteiger partial charge < -0.3 is 9.40 Å². The van der Waals surface area contributed by atoms with E-state index in [1.165, 1.54) is 10.4 Å². The van der Waals surface area contributed by atoms with Crippen molar-refractivity contribution in [2.45, 2.75) is 39.3 Å². The second-order valence-corrected chi connectivity index (χ2v) is 7.32. The first-order chi connectivity index (χ1) is 11.1. The van der Waals surface area contributed by atoms with Crippen LogP contribution in [0.3, 0.4) is 0 Å². The third kappa shape index (κ3) is 2.72. The smallest absolute Gasteiger partial charge is 0.259 e. The lowest BCUT2D eigenvalue weighted by molar-refractivity contribution is 0.279. The van der Waals surface area contributed by atoms with Crippen molar-refractivity contribution in [1.82, 2.24) is 14.9 Å². The van der Waals surface area contributed by atoms with Crippen LogP contribution in [0.4, 0.5) is 0 Å². The fourth-order valence-electron chi connectivity index (χ4n) is 3.27. The van der Waals surface area contributed by atoms with Gasteiger partial charge in [0.05, 0.1) is 18.5 Å². The molecule has 0 aliphatic heterocycles. The first-order valence-corrected chi connectivity index (χ1v) is 8.69. The molecule has 4 rings (SSSR count). The Morgan fingerprint density at radius 1 is 1.35 bits per heavy atom. The Labute approximate surface area is 138 Å². The van der Waals surface area contributed by atoms with Gasteiger partial charge in [-0.05, 0) is 50.9 Å². The molecule has 0 saturated carbocycles. The van der Waals surface area contributed by atoms with Gasteiger partial charge in [-0.3, -0.25) is 9.69 Å². The van der Waals surface area contributed by atoms with E-state index in [4.69, 9.17) is 4.42 Å². The number of fused-ring (bicyclic) bond motifs is 3. The lowest BCUT2D eigenvalue weighted by Crippen LogP contribution is -2.21. The first-order valence-electron chi connectivity index (χ1n) is 7.87. The maximum atomic E-state index is 12.4. The summed E-state index contributed by atoms with van der Waals surface area (Å²) in [5.74, 6) is 2.55. The van der Waals surface area contributed by atoms with E-state index in [0.717, 1.165) is 41.0 Å². The standard InChI is InChI=1S/C17H19N3O2S/c1-10-6-7-11(22-10)8-20(2)9-14-18-16(21)15-12-4-3-5-13(12)23-17(15)19-14/h6-7H,3-5,8-9H2,1-2H3,(H,18,19,21). The second-order valence-electron chi connectivity index (χ2n) is 6.23. The largest absolute Gasteiger partial charge is 0.465 e. The summed E-state index contributed by atoms with van der Waals surface area (Å²) in [6.07, 6.45) is 3.25. The molecule has 5 nitrogen and oxygen atoms in total. The zero-order valence-corrected chi connectivity index (χ0v) is 14.1. The number of aryl methyl sites for hydroxylation is 3. The van der Waals surface area contributed by atoms with E-state index >= 15 is 0 Å². The SMILES string of the molecule is Cc1ccc(CN(C)Cc2nc3sc4c(c3c(=O)[nH]2)CCC4)o1. The Morgan fingerprint density at radius 3 is 3.00 bits per heavy atom. The molecule has 0 radical (unpaired) electrons. The van der Waals surface area contributed by atoms with Crippen LogP contribution in [0.15, 0.2) is 21.3 Å². The Hall–Kier alpha value is -1.92. The second kappa shape index (κ2) is 5.62. The van der Waals surface area contributed by atoms with Gasteiger partial charge in [0, 0.05) is 4.88 Å². The van der Waals surface area contributed by atoms with Gasteiger partial charge in [-0.1, -0.05) is 0 Å². The predicted molar refractivity (Wildman–Crippen MR) is 90.9 cm³/mol. The minimum absolute atomic E-state index is 0.00615. The number of rotatable bonds is 4. The number of furan rings is 1. The molecule has 0 fully saturated rings. The zero-order valence-electron chi connectivity index (χ0n) is 13.3. The quantitative estimate of drug-likeness (QED) is 0.799. The fraction of sp³-hybridized carbons (Fsp3) is 0.412. The van der Waals surface area contributed by atoms with E-state index in [2.05, 4.69) is 14.9 Å². The highest BCUT2D eigenvalue weighted by molar-refractivity contribution is 7.18. The Kier molecular flexibility index (Phi) is 3.58. The topological polar surface area (TPSA) is 62.1 Å². The van der Waals surface area contributed by atoms with Crippen molar-refractivity contribution in [3.63, 3.8) is 0 Å². The van der Waals surface area contributed by atoms with Gasteiger partial charge in [-0.25, -0.2) is 4.98 Å². The third-order valence-electron chi connectivity index (χ3n) is 4.27. The molecule has 0 saturated heterocycles. The number of H-pyrrole nitrogens is 1.